The van der Waals surface area contributed by atoms with Gasteiger partial charge in [-0.05, 0) is 25.7 Å². The topological polar surface area (TPSA) is 214 Å². The number of aliphatic imine (C=N–C) groups is 1. The zero-order valence-corrected chi connectivity index (χ0v) is 15.3. The Morgan fingerprint density at radius 2 is 1.85 bits per heavy atom. The SMILES string of the molecule is CC(=O)O.NCC(=O)N1CCCC1C(=O)NC(CCCN=C(N)N)C(=O)O. The van der Waals surface area contributed by atoms with Crippen LogP contribution in [0.2, 0.25) is 0 Å². The number of carboxylic acid groups (broad SMARTS) is 2. The lowest BCUT2D eigenvalue weighted by Gasteiger charge is -2.25. The standard InChI is InChI=1S/C13H24N6O4.C2H4O2/c14-7-10(20)19-6-2-4-9(19)11(21)18-8(12(22)23)3-1-5-17-13(15)16;1-2(3)4/h8-9H,1-7,14H2,(H,18,21)(H,22,23)(H4,15,16,17);1H3,(H,3,4). The van der Waals surface area contributed by atoms with E-state index in [0.717, 1.165) is 6.92 Å². The zero-order valence-electron chi connectivity index (χ0n) is 15.3. The van der Waals surface area contributed by atoms with Crippen molar-refractivity contribution in [1.82, 2.24) is 10.2 Å². The molecule has 2 atom stereocenters. The van der Waals surface area contributed by atoms with Crippen LogP contribution in [0.3, 0.4) is 0 Å². The molecule has 12 heteroatoms. The Morgan fingerprint density at radius 3 is 2.33 bits per heavy atom. The average Bonchev–Trinajstić information content (AvgIpc) is 3.05. The summed E-state index contributed by atoms with van der Waals surface area (Å²) in [5, 5.41) is 19.1. The highest BCUT2D eigenvalue weighted by atomic mass is 16.4. The molecule has 0 aromatic heterocycles. The zero-order chi connectivity index (χ0) is 21.0. The molecule has 0 radical (unpaired) electrons. The van der Waals surface area contributed by atoms with Gasteiger partial charge in [-0.2, -0.15) is 0 Å². The number of nitrogens with zero attached hydrogens (tertiary/aromatic N) is 2. The van der Waals surface area contributed by atoms with Gasteiger partial charge in [-0.3, -0.25) is 19.4 Å². The van der Waals surface area contributed by atoms with Crippen LogP contribution in [-0.2, 0) is 19.2 Å². The number of likely N-dealkylation sites (tertiary alicyclic amines) is 1. The minimum absolute atomic E-state index is 0.0668. The number of carbonyl (C=O) groups is 4. The van der Waals surface area contributed by atoms with Gasteiger partial charge >= 0.3 is 5.97 Å². The van der Waals surface area contributed by atoms with E-state index in [-0.39, 0.29) is 31.4 Å². The number of nitrogens with one attached hydrogen (secondary N) is 1. The Bertz CT molecular complexity index is 559. The second-order valence-corrected chi connectivity index (χ2v) is 5.82. The predicted octanol–water partition coefficient (Wildman–Crippen LogP) is -2.35. The van der Waals surface area contributed by atoms with Gasteiger partial charge in [-0.1, -0.05) is 0 Å². The molecule has 0 aromatic carbocycles. The highest BCUT2D eigenvalue weighted by molar-refractivity contribution is 5.91. The van der Waals surface area contributed by atoms with Crippen LogP contribution in [0.5, 0.6) is 0 Å². The van der Waals surface area contributed by atoms with Gasteiger partial charge < -0.3 is 37.6 Å². The van der Waals surface area contributed by atoms with Crippen molar-refractivity contribution >= 4 is 29.7 Å². The third-order valence-electron chi connectivity index (χ3n) is 3.61. The molecule has 12 nitrogen and oxygen atoms in total. The van der Waals surface area contributed by atoms with Crippen LogP contribution in [0, 0.1) is 0 Å². The molecular weight excluding hydrogens is 360 g/mol. The fourth-order valence-corrected chi connectivity index (χ4v) is 2.48. The number of amides is 2. The maximum atomic E-state index is 12.3. The molecule has 1 aliphatic heterocycles. The van der Waals surface area contributed by atoms with Crippen LogP contribution >= 0.6 is 0 Å². The fraction of sp³-hybridized carbons (Fsp3) is 0.667. The summed E-state index contributed by atoms with van der Waals surface area (Å²) in [6.45, 7) is 1.64. The molecular formula is C15H28N6O6. The lowest BCUT2D eigenvalue weighted by atomic mass is 10.1. The Morgan fingerprint density at radius 1 is 1.26 bits per heavy atom. The molecule has 27 heavy (non-hydrogen) atoms. The van der Waals surface area contributed by atoms with E-state index in [2.05, 4.69) is 10.3 Å². The first-order valence-electron chi connectivity index (χ1n) is 8.37. The van der Waals surface area contributed by atoms with Crippen LogP contribution in [0.25, 0.3) is 0 Å². The molecule has 2 amide bonds. The van der Waals surface area contributed by atoms with E-state index >= 15 is 0 Å². The molecule has 0 saturated carbocycles. The van der Waals surface area contributed by atoms with E-state index in [1.165, 1.54) is 4.90 Å². The maximum Gasteiger partial charge on any atom is 0.326 e. The van der Waals surface area contributed by atoms with Crippen molar-refractivity contribution in [1.29, 1.82) is 0 Å². The summed E-state index contributed by atoms with van der Waals surface area (Å²) in [6.07, 6.45) is 1.78. The third kappa shape index (κ3) is 9.99. The monoisotopic (exact) mass is 388 g/mol. The van der Waals surface area contributed by atoms with Crippen molar-refractivity contribution in [3.05, 3.63) is 0 Å². The van der Waals surface area contributed by atoms with Gasteiger partial charge in [-0.15, -0.1) is 0 Å². The van der Waals surface area contributed by atoms with E-state index < -0.39 is 29.9 Å². The highest BCUT2D eigenvalue weighted by Gasteiger charge is 2.35. The van der Waals surface area contributed by atoms with Gasteiger partial charge in [0.25, 0.3) is 5.97 Å². The Labute approximate surface area is 156 Å². The van der Waals surface area contributed by atoms with Gasteiger partial charge in [0, 0.05) is 20.0 Å². The minimum atomic E-state index is -1.14. The van der Waals surface area contributed by atoms with Crippen molar-refractivity contribution < 1.29 is 29.4 Å². The lowest BCUT2D eigenvalue weighted by molar-refractivity contribution is -0.143. The molecule has 0 aromatic rings. The summed E-state index contributed by atoms with van der Waals surface area (Å²) in [5.41, 5.74) is 15.7. The van der Waals surface area contributed by atoms with E-state index in [0.29, 0.717) is 25.8 Å². The first-order chi connectivity index (χ1) is 12.6. The molecule has 0 spiro atoms. The van der Waals surface area contributed by atoms with E-state index in [9.17, 15) is 19.5 Å². The van der Waals surface area contributed by atoms with Gasteiger partial charge in [0.2, 0.25) is 11.8 Å². The normalized spacial score (nSPS) is 16.5. The van der Waals surface area contributed by atoms with Crippen molar-refractivity contribution in [3.8, 4) is 0 Å². The Hall–Kier alpha value is -2.89. The molecule has 1 fully saturated rings. The molecule has 1 rings (SSSR count). The number of hydrogen-bond acceptors (Lipinski definition) is 6. The maximum absolute atomic E-state index is 12.3. The number of guanidine groups is 1. The lowest BCUT2D eigenvalue weighted by Crippen LogP contribution is -2.51. The van der Waals surface area contributed by atoms with E-state index in [1.807, 2.05) is 0 Å². The van der Waals surface area contributed by atoms with Crippen molar-refractivity contribution in [2.45, 2.75) is 44.7 Å². The molecule has 1 heterocycles. The van der Waals surface area contributed by atoms with Gasteiger partial charge in [0.15, 0.2) is 5.96 Å². The van der Waals surface area contributed by atoms with Crippen LogP contribution in [0.1, 0.15) is 32.6 Å². The number of carboxylic acids is 2. The molecule has 1 aliphatic rings. The molecule has 1 saturated heterocycles. The highest BCUT2D eigenvalue weighted by Crippen LogP contribution is 2.17. The first kappa shape index (κ1) is 24.1. The van der Waals surface area contributed by atoms with Crippen LogP contribution in [0.4, 0.5) is 0 Å². The smallest absolute Gasteiger partial charge is 0.326 e. The minimum Gasteiger partial charge on any atom is -0.481 e. The number of hydrogen-bond donors (Lipinski definition) is 6. The molecule has 0 aliphatic carbocycles. The number of aliphatic carboxylic acids is 2. The number of carbonyl (C=O) groups excluding carboxylic acids is 2. The van der Waals surface area contributed by atoms with Gasteiger partial charge in [0.05, 0.1) is 6.54 Å². The summed E-state index contributed by atoms with van der Waals surface area (Å²) in [4.78, 5) is 49.3. The third-order valence-corrected chi connectivity index (χ3v) is 3.61. The predicted molar refractivity (Wildman–Crippen MR) is 96.6 cm³/mol. The second kappa shape index (κ2) is 12.5. The van der Waals surface area contributed by atoms with Gasteiger partial charge in [0.1, 0.15) is 12.1 Å². The largest absolute Gasteiger partial charge is 0.481 e. The summed E-state index contributed by atoms with van der Waals surface area (Å²) in [7, 11) is 0. The molecule has 9 N–H and O–H groups in total. The number of nitrogens with two attached hydrogens (primary N) is 3. The van der Waals surface area contributed by atoms with Crippen LogP contribution < -0.4 is 22.5 Å². The summed E-state index contributed by atoms with van der Waals surface area (Å²) < 4.78 is 0. The first-order valence-corrected chi connectivity index (χ1v) is 8.37. The van der Waals surface area contributed by atoms with E-state index in [4.69, 9.17) is 27.1 Å². The summed E-state index contributed by atoms with van der Waals surface area (Å²) in [5.74, 6) is -2.83. The van der Waals surface area contributed by atoms with Crippen molar-refractivity contribution in [2.75, 3.05) is 19.6 Å². The Balaban J connectivity index is 0.00000153. The quantitative estimate of drug-likeness (QED) is 0.149. The fourth-order valence-electron chi connectivity index (χ4n) is 2.48. The van der Waals surface area contributed by atoms with E-state index in [1.54, 1.807) is 0 Å². The summed E-state index contributed by atoms with van der Waals surface area (Å²) in [6, 6.07) is -1.71. The molecule has 0 bridgehead atoms. The van der Waals surface area contributed by atoms with Crippen LogP contribution in [-0.4, -0.2) is 76.5 Å². The van der Waals surface area contributed by atoms with Crippen molar-refractivity contribution in [2.24, 2.45) is 22.2 Å². The van der Waals surface area contributed by atoms with Crippen molar-refractivity contribution in [3.63, 3.8) is 0 Å². The Kier molecular flexibility index (Phi) is 11.1. The molecule has 2 unspecified atom stereocenters. The number of rotatable bonds is 8. The summed E-state index contributed by atoms with van der Waals surface area (Å²) >= 11 is 0. The van der Waals surface area contributed by atoms with Crippen LogP contribution in [0.15, 0.2) is 4.99 Å². The second-order valence-electron chi connectivity index (χ2n) is 5.82. The molecule has 154 valence electrons. The average molecular weight is 388 g/mol. The van der Waals surface area contributed by atoms with Gasteiger partial charge in [-0.25, -0.2) is 4.79 Å².